The van der Waals surface area contributed by atoms with Gasteiger partial charge in [-0.05, 0) is 18.4 Å². The van der Waals surface area contributed by atoms with Gasteiger partial charge in [0.15, 0.2) is 0 Å². The van der Waals surface area contributed by atoms with E-state index in [1.807, 2.05) is 0 Å². The number of hydrogen-bond acceptors (Lipinski definition) is 3. The molecule has 1 fully saturated rings. The minimum absolute atomic E-state index is 0.0688. The highest BCUT2D eigenvalue weighted by Gasteiger charge is 2.37. The van der Waals surface area contributed by atoms with Crippen molar-refractivity contribution in [2.45, 2.75) is 43.4 Å². The van der Waals surface area contributed by atoms with Gasteiger partial charge in [0.2, 0.25) is 0 Å². The minimum atomic E-state index is -1.01. The Labute approximate surface area is 121 Å². The Morgan fingerprint density at radius 1 is 1.35 bits per heavy atom. The van der Waals surface area contributed by atoms with Crippen LogP contribution in [0.5, 0.6) is 0 Å². The molecular weight excluding hydrogens is 282 g/mol. The number of nitro groups is 1. The number of aliphatic carboxylic acids is 1. The molecule has 0 aliphatic heterocycles. The summed E-state index contributed by atoms with van der Waals surface area (Å²) in [5.74, 6) is -1.01. The van der Waals surface area contributed by atoms with E-state index in [1.54, 1.807) is 12.1 Å². The predicted octanol–water partition coefficient (Wildman–Crippen LogP) is 3.62. The van der Waals surface area contributed by atoms with E-state index in [0.29, 0.717) is 24.0 Å². The van der Waals surface area contributed by atoms with Crippen LogP contribution < -0.4 is 0 Å². The average molecular weight is 298 g/mol. The van der Waals surface area contributed by atoms with Gasteiger partial charge in [0.1, 0.15) is 0 Å². The molecule has 0 bridgehead atoms. The molecule has 5 nitrogen and oxygen atoms in total. The van der Waals surface area contributed by atoms with Gasteiger partial charge in [-0.25, -0.2) is 0 Å². The van der Waals surface area contributed by atoms with E-state index in [2.05, 4.69) is 0 Å². The number of nitro benzene ring substituents is 1. The van der Waals surface area contributed by atoms with E-state index in [9.17, 15) is 14.9 Å². The molecule has 0 aromatic heterocycles. The highest BCUT2D eigenvalue weighted by Crippen LogP contribution is 2.46. The maximum Gasteiger partial charge on any atom is 0.307 e. The van der Waals surface area contributed by atoms with Crippen LogP contribution in [0.1, 0.15) is 43.2 Å². The Morgan fingerprint density at radius 2 is 2.00 bits per heavy atom. The Morgan fingerprint density at radius 3 is 2.55 bits per heavy atom. The highest BCUT2D eigenvalue weighted by molar-refractivity contribution is 6.24. The molecule has 1 aromatic rings. The SMILES string of the molecule is O=C(O)Cc1ccc(C2(Cl)CCCCC2)c([N+](=O)[O-])c1. The normalized spacial score (nSPS) is 17.6. The maximum atomic E-state index is 11.2. The third-order valence-corrected chi connectivity index (χ3v) is 4.32. The number of hydrogen-bond donors (Lipinski definition) is 1. The fourth-order valence-corrected chi connectivity index (χ4v) is 3.20. The summed E-state index contributed by atoms with van der Waals surface area (Å²) in [7, 11) is 0. The number of carboxylic acid groups (broad SMARTS) is 1. The number of nitrogens with zero attached hydrogens (tertiary/aromatic N) is 1. The Balaban J connectivity index is 2.42. The van der Waals surface area contributed by atoms with Crippen LogP contribution >= 0.6 is 11.6 Å². The topological polar surface area (TPSA) is 80.4 Å². The van der Waals surface area contributed by atoms with Gasteiger partial charge in [0, 0.05) is 6.07 Å². The van der Waals surface area contributed by atoms with E-state index < -0.39 is 15.8 Å². The zero-order valence-electron chi connectivity index (χ0n) is 11.0. The standard InChI is InChI=1S/C14H16ClNO4/c15-14(6-2-1-3-7-14)11-5-4-10(9-13(17)18)8-12(11)16(19)20/h4-5,8H,1-3,6-7,9H2,(H,17,18). The lowest BCUT2D eigenvalue weighted by atomic mass is 9.82. The lowest BCUT2D eigenvalue weighted by molar-refractivity contribution is -0.386. The first-order valence-electron chi connectivity index (χ1n) is 6.61. The molecule has 20 heavy (non-hydrogen) atoms. The third kappa shape index (κ3) is 3.10. The van der Waals surface area contributed by atoms with Gasteiger partial charge in [0.25, 0.3) is 5.69 Å². The first kappa shape index (κ1) is 14.8. The van der Waals surface area contributed by atoms with Gasteiger partial charge in [-0.15, -0.1) is 11.6 Å². The minimum Gasteiger partial charge on any atom is -0.481 e. The first-order valence-corrected chi connectivity index (χ1v) is 6.99. The average Bonchev–Trinajstić information content (AvgIpc) is 2.38. The fourth-order valence-electron chi connectivity index (χ4n) is 2.77. The summed E-state index contributed by atoms with van der Waals surface area (Å²) in [4.78, 5) is 20.8. The molecule has 0 spiro atoms. The number of rotatable bonds is 4. The molecule has 2 rings (SSSR count). The number of halogens is 1. The second-order valence-corrected chi connectivity index (χ2v) is 5.93. The number of benzene rings is 1. The van der Waals surface area contributed by atoms with Gasteiger partial charge in [-0.2, -0.15) is 0 Å². The summed E-state index contributed by atoms with van der Waals surface area (Å²) in [6.07, 6.45) is 4.21. The number of alkyl halides is 1. The van der Waals surface area contributed by atoms with Crippen LogP contribution in [0.4, 0.5) is 5.69 Å². The van der Waals surface area contributed by atoms with Crippen molar-refractivity contribution in [2.24, 2.45) is 0 Å². The van der Waals surface area contributed by atoms with Gasteiger partial charge in [-0.3, -0.25) is 14.9 Å². The zero-order valence-corrected chi connectivity index (χ0v) is 11.7. The maximum absolute atomic E-state index is 11.2. The highest BCUT2D eigenvalue weighted by atomic mass is 35.5. The molecule has 0 radical (unpaired) electrons. The molecule has 108 valence electrons. The van der Waals surface area contributed by atoms with E-state index in [-0.39, 0.29) is 12.1 Å². The monoisotopic (exact) mass is 297 g/mol. The molecule has 1 N–H and O–H groups in total. The van der Waals surface area contributed by atoms with Crippen molar-refractivity contribution in [1.29, 1.82) is 0 Å². The van der Waals surface area contributed by atoms with Crippen molar-refractivity contribution in [3.8, 4) is 0 Å². The summed E-state index contributed by atoms with van der Waals surface area (Å²) >= 11 is 6.59. The fraction of sp³-hybridized carbons (Fsp3) is 0.500. The van der Waals surface area contributed by atoms with Crippen molar-refractivity contribution in [3.05, 3.63) is 39.4 Å². The first-order chi connectivity index (χ1) is 9.42. The Bertz CT molecular complexity index is 538. The number of carboxylic acids is 1. The van der Waals surface area contributed by atoms with Crippen molar-refractivity contribution < 1.29 is 14.8 Å². The Kier molecular flexibility index (Phi) is 4.28. The molecule has 1 saturated carbocycles. The molecule has 0 unspecified atom stereocenters. The van der Waals surface area contributed by atoms with Crippen molar-refractivity contribution in [1.82, 2.24) is 0 Å². The smallest absolute Gasteiger partial charge is 0.307 e. The van der Waals surface area contributed by atoms with Crippen LogP contribution in [-0.4, -0.2) is 16.0 Å². The van der Waals surface area contributed by atoms with Gasteiger partial charge < -0.3 is 5.11 Å². The van der Waals surface area contributed by atoms with Crippen LogP contribution in [0.2, 0.25) is 0 Å². The molecule has 0 heterocycles. The molecule has 0 saturated heterocycles. The van der Waals surface area contributed by atoms with Gasteiger partial charge >= 0.3 is 5.97 Å². The van der Waals surface area contributed by atoms with Gasteiger partial charge in [-0.1, -0.05) is 31.4 Å². The van der Waals surface area contributed by atoms with Crippen LogP contribution in [0.15, 0.2) is 18.2 Å². The van der Waals surface area contributed by atoms with Gasteiger partial charge in [0.05, 0.1) is 21.8 Å². The zero-order chi connectivity index (χ0) is 14.8. The van der Waals surface area contributed by atoms with E-state index in [1.165, 1.54) is 6.07 Å². The predicted molar refractivity (Wildman–Crippen MR) is 75.1 cm³/mol. The second kappa shape index (κ2) is 5.79. The molecular formula is C14H16ClNO4. The van der Waals surface area contributed by atoms with E-state index in [4.69, 9.17) is 16.7 Å². The number of carbonyl (C=O) groups is 1. The molecule has 1 aliphatic rings. The molecule has 1 aliphatic carbocycles. The Hall–Kier alpha value is -1.62. The summed E-state index contributed by atoms with van der Waals surface area (Å²) in [6, 6.07) is 4.58. The summed E-state index contributed by atoms with van der Waals surface area (Å²) in [5, 5.41) is 20.0. The van der Waals surface area contributed by atoms with Crippen LogP contribution in [0.3, 0.4) is 0 Å². The van der Waals surface area contributed by atoms with Crippen molar-refractivity contribution in [2.75, 3.05) is 0 Å². The van der Waals surface area contributed by atoms with Crippen molar-refractivity contribution in [3.63, 3.8) is 0 Å². The van der Waals surface area contributed by atoms with Crippen molar-refractivity contribution >= 4 is 23.3 Å². The van der Waals surface area contributed by atoms with Crippen LogP contribution in [0, 0.1) is 10.1 Å². The largest absolute Gasteiger partial charge is 0.481 e. The summed E-state index contributed by atoms with van der Waals surface area (Å²) in [5.41, 5.74) is 0.864. The molecule has 0 atom stereocenters. The lowest BCUT2D eigenvalue weighted by Crippen LogP contribution is -2.23. The van der Waals surface area contributed by atoms with Crippen LogP contribution in [0.25, 0.3) is 0 Å². The van der Waals surface area contributed by atoms with E-state index >= 15 is 0 Å². The van der Waals surface area contributed by atoms with Crippen LogP contribution in [-0.2, 0) is 16.1 Å². The molecule has 0 amide bonds. The lowest BCUT2D eigenvalue weighted by Gasteiger charge is -2.31. The summed E-state index contributed by atoms with van der Waals surface area (Å²) < 4.78 is 0. The second-order valence-electron chi connectivity index (χ2n) is 5.21. The third-order valence-electron chi connectivity index (χ3n) is 3.74. The summed E-state index contributed by atoms with van der Waals surface area (Å²) in [6.45, 7) is 0. The quantitative estimate of drug-likeness (QED) is 0.523. The van der Waals surface area contributed by atoms with E-state index in [0.717, 1.165) is 19.3 Å². The molecule has 6 heteroatoms. The molecule has 1 aromatic carbocycles.